The van der Waals surface area contributed by atoms with Crippen LogP contribution in [0.4, 0.5) is 28.5 Å². The number of oxazole rings is 1. The Morgan fingerprint density at radius 1 is 0.709 bits per heavy atom. The van der Waals surface area contributed by atoms with Crippen molar-refractivity contribution in [2.45, 2.75) is 218 Å². The first-order chi connectivity index (χ1) is 64.4. The van der Waals surface area contributed by atoms with Gasteiger partial charge < -0.3 is 106 Å². The summed E-state index contributed by atoms with van der Waals surface area (Å²) in [5.41, 5.74) is 24.1. The SMILES string of the molecule is CO[C@H]1C[C@@H]2CC[C@@H](C)[C@@](O)(O2)C(=O)C(=O)N2CCCC[C@H]2C(=O)O[C@H]([C@H](N)C[C@@H]2CC[C@@H](OC(=O)NCc3cnc(N4CCN(C(=O)CCOCCN5CCN(c6ncc(C(=O)NCCOCCC(=O)NCCCCn7nc(-c8ccc9oc(N)nc9c8)c8c(N)ncnc87)cn6)CC5)CC4)nc3)[C@H](OC)C2)CC(=O)[C@H](C)/C=C(\C)[C@@H](O)[C@@H](O)C(=O)[C@H](C)C[C@H](C)/C=C/C=CC=C1C. The number of aromatic nitrogens is 9. The van der Waals surface area contributed by atoms with Crippen LogP contribution >= 0.6 is 0 Å². The van der Waals surface area contributed by atoms with Gasteiger partial charge in [0.05, 0.1) is 62.1 Å². The van der Waals surface area contributed by atoms with Gasteiger partial charge in [-0.2, -0.15) is 10.1 Å². The molecule has 40 nitrogen and oxygen atoms in total. The molecule has 1 aliphatic carbocycles. The lowest BCUT2D eigenvalue weighted by atomic mass is 9.80. The van der Waals surface area contributed by atoms with E-state index in [4.69, 9.17) is 59.9 Å². The maximum Gasteiger partial charge on any atom is 0.407 e. The molecule has 1 saturated carbocycles. The van der Waals surface area contributed by atoms with Crippen LogP contribution in [0.5, 0.6) is 0 Å². The molecular weight excluding hydrogens is 1730 g/mol. The zero-order chi connectivity index (χ0) is 95.7. The highest BCUT2D eigenvalue weighted by Gasteiger charge is 2.53. The summed E-state index contributed by atoms with van der Waals surface area (Å²) in [6.45, 7) is 18.2. The van der Waals surface area contributed by atoms with Gasteiger partial charge in [-0.1, -0.05) is 64.2 Å². The van der Waals surface area contributed by atoms with Crippen LogP contribution in [-0.4, -0.2) is 308 Å². The zero-order valence-electron chi connectivity index (χ0n) is 78.0. The van der Waals surface area contributed by atoms with Crippen molar-refractivity contribution in [3.8, 4) is 11.3 Å². The lowest BCUT2D eigenvalue weighted by Crippen LogP contribution is -2.61. The maximum atomic E-state index is 14.7. The number of hydrogen-bond donors (Lipinski definition) is 9. The second-order valence-corrected chi connectivity index (χ2v) is 36.0. The molecule has 15 atom stereocenters. The minimum atomic E-state index is -2.52. The van der Waals surface area contributed by atoms with Gasteiger partial charge in [0.1, 0.15) is 59.6 Å². The summed E-state index contributed by atoms with van der Waals surface area (Å²) in [5.74, 6) is -8.60. The average molecular weight is 1860 g/mol. The number of alkyl carbamates (subject to hydrolysis) is 1. The fraction of sp³-hybridized carbons (Fsp3) is 0.606. The number of methoxy groups -OCH3 is 2. The molecule has 2 bridgehead atoms. The van der Waals surface area contributed by atoms with Gasteiger partial charge in [-0.05, 0) is 132 Å². The number of anilines is 4. The first kappa shape index (κ1) is 102. The summed E-state index contributed by atoms with van der Waals surface area (Å²) in [6, 6.07) is 3.24. The molecule has 10 heterocycles. The molecular formula is C94H132N20O20. The molecule has 1 aromatic carbocycles. The topological polar surface area (TPSA) is 530 Å². The van der Waals surface area contributed by atoms with Crippen LogP contribution in [0.25, 0.3) is 33.4 Å². The van der Waals surface area contributed by atoms with Crippen molar-refractivity contribution in [1.29, 1.82) is 0 Å². The van der Waals surface area contributed by atoms with Crippen LogP contribution < -0.4 is 43.0 Å². The van der Waals surface area contributed by atoms with Gasteiger partial charge in [0.15, 0.2) is 17.0 Å². The minimum absolute atomic E-state index is 0.00609. The molecule has 6 aliphatic rings. The fourth-order valence-corrected chi connectivity index (χ4v) is 18.1. The number of nitrogens with two attached hydrogens (primary N) is 3. The molecule has 0 unspecified atom stereocenters. The highest BCUT2D eigenvalue weighted by molar-refractivity contribution is 6.39. The number of aryl methyl sites for hydroxylation is 1. The number of carbonyl (C=O) groups excluding carboxylic acids is 9. The number of piperidine rings is 1. The molecule has 4 saturated heterocycles. The number of aliphatic hydroxyl groups excluding tert-OH is 2. The third-order valence-electron chi connectivity index (χ3n) is 26.2. The van der Waals surface area contributed by atoms with Crippen molar-refractivity contribution < 1.29 is 96.0 Å². The molecule has 728 valence electrons. The van der Waals surface area contributed by atoms with Crippen LogP contribution in [0.15, 0.2) is 101 Å². The number of carbonyl (C=O) groups is 9. The number of rotatable bonds is 29. The van der Waals surface area contributed by atoms with Gasteiger partial charge in [0, 0.05) is 185 Å². The summed E-state index contributed by atoms with van der Waals surface area (Å²) >= 11 is 0. The van der Waals surface area contributed by atoms with E-state index < -0.39 is 120 Å². The number of fused-ring (bicyclic) bond motifs is 5. The first-order valence-electron chi connectivity index (χ1n) is 46.8. The van der Waals surface area contributed by atoms with E-state index in [1.807, 2.05) is 66.2 Å². The molecule has 5 fully saturated rings. The van der Waals surface area contributed by atoms with Crippen molar-refractivity contribution >= 4 is 98.9 Å². The van der Waals surface area contributed by atoms with Gasteiger partial charge in [-0.25, -0.2) is 44.2 Å². The second kappa shape index (κ2) is 48.8. The number of aliphatic hydroxyl groups is 3. The van der Waals surface area contributed by atoms with Crippen LogP contribution in [0.2, 0.25) is 0 Å². The standard InChI is InChI=1S/C94H132N20O20/c1-57-16-10-9-11-17-58(2)74(127-7)49-67-22-19-62(6)94(126,134-67)84(121)88(123)113-29-14-12-18-70(113)89(124)131-75(50-71(115)59(3)45-61(5)82(119)83(120)81(118)60(4)44-57)68(95)46-63-20-23-73(76(47-63)128-8)133-93(125)104-53-64-51-100-91(101-52-64)112-37-35-110(36-38-112)78(117)26-41-130-43-39-109-31-33-111(34-32-109)92-102-54-66(55-103-92)87(122)99-28-42-129-40-25-77(116)98-27-13-15-30-114-86-79(85(96)105-56-106-86)80(108-114)65-21-24-72-69(48-65)107-90(97)132-72/h9-11,16-17,21,24,45,48,51-52,54-57,59-60,62-63,67-68,70,73-76,82-83,119-120,126H,12-15,18-20,22-23,25-44,46-47,49-50,53,95H2,1-8H3,(H2,97,107)(H,98,116)(H,99,122)(H,104,125)(H2,96,105,106)/b11-9?,16-10+,58-17?,61-45+/t57-,59-,60-,62-,63+,67+,68-,70+,73-,74+,75+,76-,82-,83+,94-/m1/s1. The predicted octanol–water partition coefficient (Wildman–Crippen LogP) is 5.45. The van der Waals surface area contributed by atoms with Crippen molar-refractivity contribution in [2.75, 3.05) is 140 Å². The number of esters is 1. The first-order valence-corrected chi connectivity index (χ1v) is 46.8. The van der Waals surface area contributed by atoms with Crippen molar-refractivity contribution in [1.82, 2.24) is 75.3 Å². The number of benzene rings is 1. The monoisotopic (exact) mass is 1860 g/mol. The molecule has 12 rings (SSSR count). The van der Waals surface area contributed by atoms with Gasteiger partial charge in [0.2, 0.25) is 29.5 Å². The lowest BCUT2D eigenvalue weighted by molar-refractivity contribution is -0.265. The quantitative estimate of drug-likeness (QED) is 0.0122. The number of Topliss-reactive ketones (excluding diaryl/α,β-unsaturated/α-hetero) is 3. The molecule has 5 aromatic heterocycles. The summed E-state index contributed by atoms with van der Waals surface area (Å²) in [7, 11) is 3.05. The van der Waals surface area contributed by atoms with Gasteiger partial charge in [0.25, 0.3) is 23.6 Å². The zero-order valence-corrected chi connectivity index (χ0v) is 78.0. The Morgan fingerprint density at radius 3 is 2.17 bits per heavy atom. The van der Waals surface area contributed by atoms with Crippen LogP contribution in [0.3, 0.4) is 0 Å². The van der Waals surface area contributed by atoms with Crippen molar-refractivity contribution in [3.63, 3.8) is 0 Å². The van der Waals surface area contributed by atoms with Crippen LogP contribution in [0, 0.1) is 29.6 Å². The Morgan fingerprint density at radius 2 is 1.43 bits per heavy atom. The Balaban J connectivity index is 0.522. The van der Waals surface area contributed by atoms with E-state index in [9.17, 15) is 58.5 Å². The van der Waals surface area contributed by atoms with E-state index in [-0.39, 0.29) is 113 Å². The third kappa shape index (κ3) is 27.3. The van der Waals surface area contributed by atoms with E-state index in [2.05, 4.69) is 60.6 Å². The van der Waals surface area contributed by atoms with E-state index in [0.29, 0.717) is 186 Å². The van der Waals surface area contributed by atoms with Gasteiger partial charge in [-0.15, -0.1) is 0 Å². The number of nitrogens with one attached hydrogen (secondary N) is 3. The molecule has 0 radical (unpaired) electrons. The number of ether oxygens (including phenoxy) is 7. The van der Waals surface area contributed by atoms with Crippen LogP contribution in [-0.2, 0) is 79.8 Å². The van der Waals surface area contributed by atoms with Crippen LogP contribution in [0.1, 0.15) is 160 Å². The number of allylic oxidation sites excluding steroid dienone is 6. The number of nitrogens with zero attached hydrogens (tertiary/aromatic N) is 14. The Kier molecular flexibility index (Phi) is 37.1. The van der Waals surface area contributed by atoms with Gasteiger partial charge in [-0.3, -0.25) is 38.5 Å². The summed E-state index contributed by atoms with van der Waals surface area (Å²) < 4.78 is 49.0. The summed E-state index contributed by atoms with van der Waals surface area (Å²) in [6.07, 6.45) is 15.9. The maximum absolute atomic E-state index is 14.7. The molecule has 12 N–H and O–H groups in total. The van der Waals surface area contributed by atoms with E-state index in [1.165, 1.54) is 38.8 Å². The smallest absolute Gasteiger partial charge is 0.407 e. The molecule has 40 heteroatoms. The Hall–Kier alpha value is -11.2. The third-order valence-corrected chi connectivity index (χ3v) is 26.2. The molecule has 134 heavy (non-hydrogen) atoms. The number of amides is 5. The molecule has 5 amide bonds. The number of ketones is 3. The lowest BCUT2D eigenvalue weighted by Gasteiger charge is -2.42. The van der Waals surface area contributed by atoms with Crippen molar-refractivity contribution in [3.05, 3.63) is 108 Å². The fourth-order valence-electron chi connectivity index (χ4n) is 18.1. The molecule has 5 aliphatic heterocycles. The van der Waals surface area contributed by atoms with E-state index in [1.54, 1.807) is 51.0 Å². The number of unbranched alkanes of at least 4 members (excludes halogenated alkanes) is 1. The molecule has 6 aromatic rings. The minimum Gasteiger partial charge on any atom is -0.459 e. The molecule has 0 spiro atoms. The Bertz CT molecular complexity index is 5110. The van der Waals surface area contributed by atoms with E-state index in [0.717, 1.165) is 29.1 Å². The number of hydrogen-bond acceptors (Lipinski definition) is 34. The second-order valence-electron chi connectivity index (χ2n) is 36.0. The highest BCUT2D eigenvalue weighted by atomic mass is 16.6. The number of nitrogen functional groups attached to an aromatic ring is 2. The predicted molar refractivity (Wildman–Crippen MR) is 494 cm³/mol. The highest BCUT2D eigenvalue weighted by Crippen LogP contribution is 2.39. The summed E-state index contributed by atoms with van der Waals surface area (Å²) in [4.78, 5) is 164. The van der Waals surface area contributed by atoms with E-state index >= 15 is 0 Å². The van der Waals surface area contributed by atoms with Gasteiger partial charge >= 0.3 is 12.1 Å². The van der Waals surface area contributed by atoms with Crippen molar-refractivity contribution in [2.24, 2.45) is 35.3 Å². The Labute approximate surface area is 779 Å². The summed E-state index contributed by atoms with van der Waals surface area (Å²) in [5, 5.41) is 48.7. The number of piperazine rings is 2. The normalized spacial score (nSPS) is 26.5. The average Bonchev–Trinajstić information content (AvgIpc) is 1.70. The largest absolute Gasteiger partial charge is 0.459 e. The number of cyclic esters (lactones) is 1.